The molecule has 0 unspecified atom stereocenters. The van der Waals surface area contributed by atoms with Gasteiger partial charge in [-0.15, -0.1) is 0 Å². The molecular formula is C14H16N2OS. The average Bonchev–Trinajstić information content (AvgIpc) is 2.81. The van der Waals surface area contributed by atoms with Crippen LogP contribution in [0.25, 0.3) is 0 Å². The van der Waals surface area contributed by atoms with Crippen molar-refractivity contribution in [3.63, 3.8) is 0 Å². The van der Waals surface area contributed by atoms with E-state index in [1.54, 1.807) is 17.4 Å². The predicted octanol–water partition coefficient (Wildman–Crippen LogP) is 3.19. The number of carbonyl (C=O) groups excluding carboxylic acids is 1. The maximum atomic E-state index is 11.2. The van der Waals surface area contributed by atoms with Gasteiger partial charge in [0.15, 0.2) is 5.78 Å². The number of nitrogens with one attached hydrogen (secondary N) is 1. The van der Waals surface area contributed by atoms with Gasteiger partial charge >= 0.3 is 0 Å². The summed E-state index contributed by atoms with van der Waals surface area (Å²) < 4.78 is 0. The van der Waals surface area contributed by atoms with Crippen molar-refractivity contribution in [1.29, 1.82) is 0 Å². The Morgan fingerprint density at radius 1 is 1.39 bits per heavy atom. The van der Waals surface area contributed by atoms with E-state index in [0.29, 0.717) is 11.3 Å². The quantitative estimate of drug-likeness (QED) is 0.641. The summed E-state index contributed by atoms with van der Waals surface area (Å²) in [5.41, 5.74) is 9.23. The molecule has 0 aliphatic carbocycles. The van der Waals surface area contributed by atoms with Crippen LogP contribution in [-0.4, -0.2) is 12.3 Å². The fourth-order valence-electron chi connectivity index (χ4n) is 1.78. The standard InChI is InChI=1S/C14H16N2OS/c1-10(17)13-3-2-12(8-14(13)15)16-6-4-11-5-7-18-9-11/h2-3,5,7-9,16H,4,6,15H2,1H3. The molecule has 0 fully saturated rings. The molecule has 0 atom stereocenters. The SMILES string of the molecule is CC(=O)c1ccc(NCCc2ccsc2)cc1N. The van der Waals surface area contributed by atoms with Gasteiger partial charge in [0.2, 0.25) is 0 Å². The van der Waals surface area contributed by atoms with Crippen molar-refractivity contribution in [2.45, 2.75) is 13.3 Å². The number of anilines is 2. The minimum Gasteiger partial charge on any atom is -0.398 e. The average molecular weight is 260 g/mol. The van der Waals surface area contributed by atoms with Gasteiger partial charge in [-0.1, -0.05) is 0 Å². The third-order valence-corrected chi connectivity index (χ3v) is 3.49. The highest BCUT2D eigenvalue weighted by Gasteiger charge is 2.04. The first-order valence-corrected chi connectivity index (χ1v) is 6.76. The fraction of sp³-hybridized carbons (Fsp3) is 0.214. The Morgan fingerprint density at radius 3 is 2.83 bits per heavy atom. The summed E-state index contributed by atoms with van der Waals surface area (Å²) >= 11 is 1.71. The highest BCUT2D eigenvalue weighted by atomic mass is 32.1. The molecule has 0 spiro atoms. The fourth-order valence-corrected chi connectivity index (χ4v) is 2.48. The molecule has 1 heterocycles. The third-order valence-electron chi connectivity index (χ3n) is 2.75. The molecule has 2 rings (SSSR count). The number of nitrogens with two attached hydrogens (primary N) is 1. The van der Waals surface area contributed by atoms with Crippen LogP contribution < -0.4 is 11.1 Å². The van der Waals surface area contributed by atoms with Crippen molar-refractivity contribution >= 4 is 28.5 Å². The Labute approximate surface area is 111 Å². The topological polar surface area (TPSA) is 55.1 Å². The lowest BCUT2D eigenvalue weighted by atomic mass is 10.1. The van der Waals surface area contributed by atoms with Crippen LogP contribution in [-0.2, 0) is 6.42 Å². The number of thiophene rings is 1. The number of nitrogen functional groups attached to an aromatic ring is 1. The first kappa shape index (κ1) is 12.6. The Bertz CT molecular complexity index is 535. The normalized spacial score (nSPS) is 10.3. The molecule has 4 heteroatoms. The van der Waals surface area contributed by atoms with Crippen molar-refractivity contribution in [3.05, 3.63) is 46.2 Å². The molecule has 18 heavy (non-hydrogen) atoms. The Morgan fingerprint density at radius 2 is 2.22 bits per heavy atom. The Kier molecular flexibility index (Phi) is 3.99. The molecule has 0 radical (unpaired) electrons. The van der Waals surface area contributed by atoms with E-state index in [1.807, 2.05) is 12.1 Å². The summed E-state index contributed by atoms with van der Waals surface area (Å²) in [5, 5.41) is 7.53. The van der Waals surface area contributed by atoms with E-state index in [4.69, 9.17) is 5.73 Å². The summed E-state index contributed by atoms with van der Waals surface area (Å²) in [7, 11) is 0. The molecule has 0 saturated carbocycles. The van der Waals surface area contributed by atoms with E-state index in [0.717, 1.165) is 18.7 Å². The van der Waals surface area contributed by atoms with Crippen molar-refractivity contribution in [2.24, 2.45) is 0 Å². The van der Waals surface area contributed by atoms with Crippen LogP contribution in [0.4, 0.5) is 11.4 Å². The molecule has 1 aromatic carbocycles. The van der Waals surface area contributed by atoms with Gasteiger partial charge in [0.1, 0.15) is 0 Å². The number of hydrogen-bond acceptors (Lipinski definition) is 4. The maximum absolute atomic E-state index is 11.2. The van der Waals surface area contributed by atoms with E-state index in [2.05, 4.69) is 22.1 Å². The Balaban J connectivity index is 1.94. The minimum atomic E-state index is -0.00248. The summed E-state index contributed by atoms with van der Waals surface area (Å²) in [6, 6.07) is 7.59. The third kappa shape index (κ3) is 3.11. The summed E-state index contributed by atoms with van der Waals surface area (Å²) in [4.78, 5) is 11.2. The van der Waals surface area contributed by atoms with E-state index < -0.39 is 0 Å². The van der Waals surface area contributed by atoms with Gasteiger partial charge in [0.05, 0.1) is 0 Å². The van der Waals surface area contributed by atoms with Crippen molar-refractivity contribution in [1.82, 2.24) is 0 Å². The van der Waals surface area contributed by atoms with Gasteiger partial charge in [-0.25, -0.2) is 0 Å². The zero-order valence-corrected chi connectivity index (χ0v) is 11.1. The number of rotatable bonds is 5. The number of hydrogen-bond donors (Lipinski definition) is 2. The number of Topliss-reactive ketones (excluding diaryl/α,β-unsaturated/α-hetero) is 1. The molecule has 3 N–H and O–H groups in total. The molecule has 94 valence electrons. The lowest BCUT2D eigenvalue weighted by Gasteiger charge is -2.08. The predicted molar refractivity (Wildman–Crippen MR) is 77.4 cm³/mol. The lowest BCUT2D eigenvalue weighted by Crippen LogP contribution is -2.06. The molecule has 2 aromatic rings. The number of benzene rings is 1. The summed E-state index contributed by atoms with van der Waals surface area (Å²) in [6.45, 7) is 2.38. The zero-order chi connectivity index (χ0) is 13.0. The molecule has 0 aliphatic heterocycles. The van der Waals surface area contributed by atoms with Crippen LogP contribution in [0, 0.1) is 0 Å². The zero-order valence-electron chi connectivity index (χ0n) is 10.3. The minimum absolute atomic E-state index is 0.00248. The van der Waals surface area contributed by atoms with Crippen molar-refractivity contribution in [2.75, 3.05) is 17.6 Å². The molecule has 0 saturated heterocycles. The van der Waals surface area contributed by atoms with Gasteiger partial charge in [-0.3, -0.25) is 4.79 Å². The Hall–Kier alpha value is -1.81. The largest absolute Gasteiger partial charge is 0.398 e. The highest BCUT2D eigenvalue weighted by molar-refractivity contribution is 7.07. The molecule has 0 aliphatic rings. The molecule has 0 bridgehead atoms. The second-order valence-corrected chi connectivity index (χ2v) is 4.95. The van der Waals surface area contributed by atoms with Gasteiger partial charge in [-0.2, -0.15) is 11.3 Å². The molecule has 3 nitrogen and oxygen atoms in total. The molecule has 1 aromatic heterocycles. The number of carbonyl (C=O) groups is 1. The highest BCUT2D eigenvalue weighted by Crippen LogP contribution is 2.18. The van der Waals surface area contributed by atoms with Gasteiger partial charge in [0.25, 0.3) is 0 Å². The second-order valence-electron chi connectivity index (χ2n) is 4.17. The molecular weight excluding hydrogens is 244 g/mol. The second kappa shape index (κ2) is 5.69. The molecule has 0 amide bonds. The van der Waals surface area contributed by atoms with Gasteiger partial charge in [0, 0.05) is 23.5 Å². The van der Waals surface area contributed by atoms with Crippen LogP contribution in [0.2, 0.25) is 0 Å². The van der Waals surface area contributed by atoms with Crippen LogP contribution in [0.1, 0.15) is 22.8 Å². The lowest BCUT2D eigenvalue weighted by molar-refractivity contribution is 0.101. The summed E-state index contributed by atoms with van der Waals surface area (Å²) in [5.74, 6) is -0.00248. The first-order chi connectivity index (χ1) is 8.66. The maximum Gasteiger partial charge on any atom is 0.161 e. The van der Waals surface area contributed by atoms with E-state index in [9.17, 15) is 4.79 Å². The van der Waals surface area contributed by atoms with E-state index >= 15 is 0 Å². The van der Waals surface area contributed by atoms with Crippen LogP contribution in [0.15, 0.2) is 35.0 Å². The van der Waals surface area contributed by atoms with Gasteiger partial charge in [-0.05, 0) is 53.9 Å². The monoisotopic (exact) mass is 260 g/mol. The van der Waals surface area contributed by atoms with Crippen LogP contribution in [0.5, 0.6) is 0 Å². The van der Waals surface area contributed by atoms with Crippen molar-refractivity contribution in [3.8, 4) is 0 Å². The summed E-state index contributed by atoms with van der Waals surface area (Å²) in [6.07, 6.45) is 0.984. The first-order valence-electron chi connectivity index (χ1n) is 5.82. The van der Waals surface area contributed by atoms with Crippen molar-refractivity contribution < 1.29 is 4.79 Å². The van der Waals surface area contributed by atoms with E-state index in [-0.39, 0.29) is 5.78 Å². The number of ketones is 1. The van der Waals surface area contributed by atoms with E-state index in [1.165, 1.54) is 12.5 Å². The van der Waals surface area contributed by atoms with Crippen LogP contribution >= 0.6 is 11.3 Å². The van der Waals surface area contributed by atoms with Gasteiger partial charge < -0.3 is 11.1 Å². The van der Waals surface area contributed by atoms with Crippen LogP contribution in [0.3, 0.4) is 0 Å². The smallest absolute Gasteiger partial charge is 0.161 e.